The van der Waals surface area contributed by atoms with E-state index in [9.17, 15) is 8.78 Å². The minimum atomic E-state index is -0.370. The van der Waals surface area contributed by atoms with Gasteiger partial charge in [-0.05, 0) is 42.7 Å². The summed E-state index contributed by atoms with van der Waals surface area (Å²) >= 11 is 0. The number of nitrogens with one attached hydrogen (secondary N) is 1. The lowest BCUT2D eigenvalue weighted by atomic mass is 10.0. The molecule has 21 heavy (non-hydrogen) atoms. The Morgan fingerprint density at radius 2 is 1.95 bits per heavy atom. The van der Waals surface area contributed by atoms with E-state index in [-0.39, 0.29) is 11.6 Å². The number of halogens is 2. The van der Waals surface area contributed by atoms with Crippen LogP contribution < -0.4 is 10.1 Å². The molecule has 1 saturated carbocycles. The topological polar surface area (TPSA) is 21.3 Å². The molecule has 0 heterocycles. The second-order valence-electron chi connectivity index (χ2n) is 5.31. The Morgan fingerprint density at radius 1 is 1.14 bits per heavy atom. The van der Waals surface area contributed by atoms with Gasteiger partial charge in [0.1, 0.15) is 17.4 Å². The summed E-state index contributed by atoms with van der Waals surface area (Å²) in [6, 6.07) is 9.73. The van der Waals surface area contributed by atoms with E-state index < -0.39 is 0 Å². The predicted molar refractivity (Wildman–Crippen MR) is 78.2 cm³/mol. The lowest BCUT2D eigenvalue weighted by Gasteiger charge is -2.11. The monoisotopic (exact) mass is 289 g/mol. The van der Waals surface area contributed by atoms with Crippen LogP contribution in [0.1, 0.15) is 18.4 Å². The second kappa shape index (κ2) is 5.82. The Kier molecular flexibility index (Phi) is 3.88. The first-order valence-electron chi connectivity index (χ1n) is 7.03. The normalized spacial score (nSPS) is 14.2. The number of methoxy groups -OCH3 is 1. The molecule has 0 bridgehead atoms. The Bertz CT molecular complexity index is 653. The molecule has 0 unspecified atom stereocenters. The summed E-state index contributed by atoms with van der Waals surface area (Å²) in [5.74, 6) is -0.127. The van der Waals surface area contributed by atoms with Gasteiger partial charge in [-0.1, -0.05) is 12.1 Å². The van der Waals surface area contributed by atoms with Crippen molar-refractivity contribution in [2.24, 2.45) is 0 Å². The van der Waals surface area contributed by atoms with E-state index in [1.807, 2.05) is 0 Å². The third-order valence-electron chi connectivity index (χ3n) is 3.68. The summed E-state index contributed by atoms with van der Waals surface area (Å²) in [6.07, 6.45) is 2.33. The molecular formula is C17H17F2NO. The highest BCUT2D eigenvalue weighted by molar-refractivity contribution is 5.70. The minimum Gasteiger partial charge on any atom is -0.496 e. The zero-order valence-electron chi connectivity index (χ0n) is 11.8. The fourth-order valence-electron chi connectivity index (χ4n) is 2.31. The van der Waals surface area contributed by atoms with Gasteiger partial charge in [0.2, 0.25) is 0 Å². The number of benzene rings is 2. The minimum absolute atomic E-state index is 0.285. The van der Waals surface area contributed by atoms with Crippen LogP contribution in [0.3, 0.4) is 0 Å². The van der Waals surface area contributed by atoms with E-state index in [1.165, 1.54) is 38.2 Å². The van der Waals surface area contributed by atoms with Crippen molar-refractivity contribution in [3.8, 4) is 16.9 Å². The van der Waals surface area contributed by atoms with Crippen molar-refractivity contribution < 1.29 is 13.5 Å². The molecular weight excluding hydrogens is 272 g/mol. The zero-order chi connectivity index (χ0) is 14.8. The molecule has 2 nitrogen and oxygen atoms in total. The summed E-state index contributed by atoms with van der Waals surface area (Å²) in [6.45, 7) is 0.525. The Hall–Kier alpha value is -1.94. The van der Waals surface area contributed by atoms with Crippen molar-refractivity contribution in [2.75, 3.05) is 7.11 Å². The average Bonchev–Trinajstić information content (AvgIpc) is 3.30. The summed E-state index contributed by atoms with van der Waals surface area (Å²) in [7, 11) is 1.51. The molecule has 110 valence electrons. The van der Waals surface area contributed by atoms with Crippen LogP contribution in [0.25, 0.3) is 11.1 Å². The quantitative estimate of drug-likeness (QED) is 0.901. The van der Waals surface area contributed by atoms with Gasteiger partial charge in [-0.2, -0.15) is 0 Å². The van der Waals surface area contributed by atoms with Crippen molar-refractivity contribution in [1.29, 1.82) is 0 Å². The first-order valence-corrected chi connectivity index (χ1v) is 7.03. The highest BCUT2D eigenvalue weighted by Crippen LogP contribution is 2.31. The van der Waals surface area contributed by atoms with Crippen LogP contribution in [0.5, 0.6) is 5.75 Å². The van der Waals surface area contributed by atoms with E-state index >= 15 is 0 Å². The van der Waals surface area contributed by atoms with Crippen molar-refractivity contribution in [3.05, 3.63) is 53.6 Å². The molecule has 2 aromatic carbocycles. The first kappa shape index (κ1) is 14.0. The van der Waals surface area contributed by atoms with Gasteiger partial charge in [-0.3, -0.25) is 0 Å². The molecule has 0 atom stereocenters. The molecule has 1 aliphatic carbocycles. The Morgan fingerprint density at radius 3 is 2.62 bits per heavy atom. The van der Waals surface area contributed by atoms with Crippen LogP contribution in [-0.4, -0.2) is 13.2 Å². The molecule has 1 fully saturated rings. The maximum atomic E-state index is 14.2. The molecule has 1 aliphatic rings. The Balaban J connectivity index is 1.88. The summed E-state index contributed by atoms with van der Waals surface area (Å²) < 4.78 is 32.8. The van der Waals surface area contributed by atoms with Crippen LogP contribution in [0, 0.1) is 11.6 Å². The zero-order valence-corrected chi connectivity index (χ0v) is 11.8. The van der Waals surface area contributed by atoms with Crippen LogP contribution in [-0.2, 0) is 6.54 Å². The van der Waals surface area contributed by atoms with E-state index in [0.29, 0.717) is 35.0 Å². The van der Waals surface area contributed by atoms with E-state index in [1.54, 1.807) is 18.2 Å². The maximum Gasteiger partial charge on any atom is 0.128 e. The molecule has 3 rings (SSSR count). The van der Waals surface area contributed by atoms with Gasteiger partial charge in [0, 0.05) is 23.7 Å². The van der Waals surface area contributed by atoms with Crippen LogP contribution >= 0.6 is 0 Å². The molecule has 0 radical (unpaired) electrons. The molecule has 0 aliphatic heterocycles. The van der Waals surface area contributed by atoms with Crippen molar-refractivity contribution in [3.63, 3.8) is 0 Å². The highest BCUT2D eigenvalue weighted by atomic mass is 19.1. The lowest BCUT2D eigenvalue weighted by molar-refractivity contribution is 0.415. The molecule has 0 spiro atoms. The summed E-state index contributed by atoms with van der Waals surface area (Å²) in [5, 5.41) is 3.28. The SMILES string of the molecule is COc1ccc(F)cc1-c1ccc(CNC2CC2)c(F)c1. The maximum absolute atomic E-state index is 14.2. The predicted octanol–water partition coefficient (Wildman–Crippen LogP) is 3.89. The number of ether oxygens (including phenoxy) is 1. The number of hydrogen-bond acceptors (Lipinski definition) is 2. The van der Waals surface area contributed by atoms with Gasteiger partial charge >= 0.3 is 0 Å². The largest absolute Gasteiger partial charge is 0.496 e. The van der Waals surface area contributed by atoms with Crippen molar-refractivity contribution in [2.45, 2.75) is 25.4 Å². The first-order chi connectivity index (χ1) is 10.2. The van der Waals surface area contributed by atoms with Crippen molar-refractivity contribution in [1.82, 2.24) is 5.32 Å². The van der Waals surface area contributed by atoms with Crippen molar-refractivity contribution >= 4 is 0 Å². The third kappa shape index (κ3) is 3.22. The smallest absolute Gasteiger partial charge is 0.128 e. The molecule has 0 aromatic heterocycles. The van der Waals surface area contributed by atoms with Gasteiger partial charge in [0.15, 0.2) is 0 Å². The van der Waals surface area contributed by atoms with Gasteiger partial charge in [0.05, 0.1) is 7.11 Å². The van der Waals surface area contributed by atoms with E-state index in [4.69, 9.17) is 4.74 Å². The molecule has 0 saturated heterocycles. The fraction of sp³-hybridized carbons (Fsp3) is 0.294. The summed E-state index contributed by atoms with van der Waals surface area (Å²) in [5.41, 5.74) is 1.79. The fourth-order valence-corrected chi connectivity index (χ4v) is 2.31. The van der Waals surface area contributed by atoms with Gasteiger partial charge in [0.25, 0.3) is 0 Å². The molecule has 4 heteroatoms. The van der Waals surface area contributed by atoms with Crippen LogP contribution in [0.2, 0.25) is 0 Å². The van der Waals surface area contributed by atoms with Crippen LogP contribution in [0.15, 0.2) is 36.4 Å². The summed E-state index contributed by atoms with van der Waals surface area (Å²) in [4.78, 5) is 0. The molecule has 2 aromatic rings. The highest BCUT2D eigenvalue weighted by Gasteiger charge is 2.20. The van der Waals surface area contributed by atoms with E-state index in [2.05, 4.69) is 5.32 Å². The van der Waals surface area contributed by atoms with Gasteiger partial charge in [-0.15, -0.1) is 0 Å². The third-order valence-corrected chi connectivity index (χ3v) is 3.68. The van der Waals surface area contributed by atoms with E-state index in [0.717, 1.165) is 0 Å². The number of rotatable bonds is 5. The lowest BCUT2D eigenvalue weighted by Crippen LogP contribution is -2.16. The second-order valence-corrected chi connectivity index (χ2v) is 5.31. The standard InChI is InChI=1S/C17H17F2NO/c1-21-17-7-4-13(18)9-15(17)11-2-3-12(16(19)8-11)10-20-14-5-6-14/h2-4,7-9,14,20H,5-6,10H2,1H3. The van der Waals surface area contributed by atoms with Gasteiger partial charge in [-0.25, -0.2) is 8.78 Å². The average molecular weight is 289 g/mol. The van der Waals surface area contributed by atoms with Gasteiger partial charge < -0.3 is 10.1 Å². The Labute approximate surface area is 122 Å². The molecule has 1 N–H and O–H groups in total. The molecule has 0 amide bonds. The van der Waals surface area contributed by atoms with Crippen LogP contribution in [0.4, 0.5) is 8.78 Å². The number of hydrogen-bond donors (Lipinski definition) is 1.